The van der Waals surface area contributed by atoms with E-state index >= 15 is 0 Å². The summed E-state index contributed by atoms with van der Waals surface area (Å²) in [6.07, 6.45) is 2.34. The minimum Gasteiger partial charge on any atom is -0.315 e. The van der Waals surface area contributed by atoms with Crippen LogP contribution in [-0.4, -0.2) is 31.1 Å². The molecule has 0 bridgehead atoms. The molecule has 0 spiro atoms. The van der Waals surface area contributed by atoms with Gasteiger partial charge in [-0.3, -0.25) is 4.90 Å². The lowest BCUT2D eigenvalue weighted by atomic mass is 10.1. The maximum atomic E-state index is 13.1. The van der Waals surface area contributed by atoms with E-state index in [2.05, 4.69) is 31.1 Å². The van der Waals surface area contributed by atoms with Gasteiger partial charge in [0.2, 0.25) is 0 Å². The standard InChI is InChI=1S/C15H25FN2/c1-4-7-15(11-17-5-2)18(3)12-13-8-6-9-14(16)10-13/h6,8-10,15,17H,4-5,7,11-12H2,1-3H3. The summed E-state index contributed by atoms with van der Waals surface area (Å²) in [6, 6.07) is 7.38. The molecule has 1 unspecified atom stereocenters. The van der Waals surface area contributed by atoms with E-state index in [1.54, 1.807) is 12.1 Å². The molecule has 0 amide bonds. The number of hydrogen-bond donors (Lipinski definition) is 1. The van der Waals surface area contributed by atoms with Crippen molar-refractivity contribution < 1.29 is 4.39 Å². The van der Waals surface area contributed by atoms with E-state index in [4.69, 9.17) is 0 Å². The first-order chi connectivity index (χ1) is 8.67. The fourth-order valence-electron chi connectivity index (χ4n) is 2.17. The minimum absolute atomic E-state index is 0.153. The van der Waals surface area contributed by atoms with E-state index in [9.17, 15) is 4.39 Å². The molecule has 0 aromatic heterocycles. The Bertz CT molecular complexity index is 341. The summed E-state index contributed by atoms with van der Waals surface area (Å²) in [7, 11) is 2.11. The lowest BCUT2D eigenvalue weighted by Gasteiger charge is -2.28. The summed E-state index contributed by atoms with van der Waals surface area (Å²) >= 11 is 0. The van der Waals surface area contributed by atoms with Crippen LogP contribution in [0.25, 0.3) is 0 Å². The van der Waals surface area contributed by atoms with E-state index in [0.29, 0.717) is 6.04 Å². The molecule has 0 saturated carbocycles. The van der Waals surface area contributed by atoms with Crippen molar-refractivity contribution in [1.82, 2.24) is 10.2 Å². The lowest BCUT2D eigenvalue weighted by molar-refractivity contribution is 0.215. The first-order valence-electron chi connectivity index (χ1n) is 6.82. The molecule has 0 fully saturated rings. The molecule has 0 saturated heterocycles. The second kappa shape index (κ2) is 8.22. The van der Waals surface area contributed by atoms with Crippen LogP contribution in [0.2, 0.25) is 0 Å². The Morgan fingerprint density at radius 1 is 1.33 bits per heavy atom. The summed E-state index contributed by atoms with van der Waals surface area (Å²) in [4.78, 5) is 2.31. The first kappa shape index (κ1) is 15.1. The Morgan fingerprint density at radius 3 is 2.72 bits per heavy atom. The predicted octanol–water partition coefficient (Wildman–Crippen LogP) is 3.04. The van der Waals surface area contributed by atoms with E-state index < -0.39 is 0 Å². The topological polar surface area (TPSA) is 15.3 Å². The molecule has 1 rings (SSSR count). The van der Waals surface area contributed by atoms with Crippen molar-refractivity contribution in [3.8, 4) is 0 Å². The van der Waals surface area contributed by atoms with Gasteiger partial charge < -0.3 is 5.32 Å². The van der Waals surface area contributed by atoms with Crippen LogP contribution in [0.15, 0.2) is 24.3 Å². The number of benzene rings is 1. The second-order valence-corrected chi connectivity index (χ2v) is 4.80. The van der Waals surface area contributed by atoms with Crippen LogP contribution in [-0.2, 0) is 6.54 Å². The molecule has 0 aliphatic rings. The molecule has 0 aliphatic carbocycles. The highest BCUT2D eigenvalue weighted by Gasteiger charge is 2.13. The second-order valence-electron chi connectivity index (χ2n) is 4.80. The number of nitrogens with zero attached hydrogens (tertiary/aromatic N) is 1. The maximum absolute atomic E-state index is 13.1. The zero-order valence-corrected chi connectivity index (χ0v) is 11.7. The summed E-state index contributed by atoms with van der Waals surface area (Å²) in [5.74, 6) is -0.153. The van der Waals surface area contributed by atoms with Gasteiger partial charge in [-0.2, -0.15) is 0 Å². The Balaban J connectivity index is 2.56. The fourth-order valence-corrected chi connectivity index (χ4v) is 2.17. The predicted molar refractivity (Wildman–Crippen MR) is 75.1 cm³/mol. The van der Waals surface area contributed by atoms with Crippen LogP contribution in [0.3, 0.4) is 0 Å². The molecule has 3 heteroatoms. The molecule has 0 radical (unpaired) electrons. The van der Waals surface area contributed by atoms with Gasteiger partial charge in [-0.1, -0.05) is 32.4 Å². The van der Waals surface area contributed by atoms with Crippen LogP contribution in [0.4, 0.5) is 4.39 Å². The van der Waals surface area contributed by atoms with E-state index in [1.807, 2.05) is 6.07 Å². The van der Waals surface area contributed by atoms with Crippen molar-refractivity contribution in [3.63, 3.8) is 0 Å². The highest BCUT2D eigenvalue weighted by Crippen LogP contribution is 2.11. The van der Waals surface area contributed by atoms with Crippen LogP contribution in [0, 0.1) is 5.82 Å². The Morgan fingerprint density at radius 2 is 2.11 bits per heavy atom. The molecule has 1 aromatic rings. The number of halogens is 1. The smallest absolute Gasteiger partial charge is 0.123 e. The molecule has 1 atom stereocenters. The largest absolute Gasteiger partial charge is 0.315 e. The highest BCUT2D eigenvalue weighted by molar-refractivity contribution is 5.16. The number of hydrogen-bond acceptors (Lipinski definition) is 2. The Kier molecular flexibility index (Phi) is 6.91. The van der Waals surface area contributed by atoms with Crippen molar-refractivity contribution in [2.24, 2.45) is 0 Å². The molecular formula is C15H25FN2. The SMILES string of the molecule is CCCC(CNCC)N(C)Cc1cccc(F)c1. The van der Waals surface area contributed by atoms with Crippen molar-refractivity contribution in [3.05, 3.63) is 35.6 Å². The van der Waals surface area contributed by atoms with Crippen molar-refractivity contribution in [2.45, 2.75) is 39.3 Å². The average Bonchev–Trinajstić information content (AvgIpc) is 2.34. The van der Waals surface area contributed by atoms with Gasteiger partial charge in [0, 0.05) is 19.1 Å². The van der Waals surface area contributed by atoms with Gasteiger partial charge in [-0.05, 0) is 37.7 Å². The third kappa shape index (κ3) is 5.15. The third-order valence-electron chi connectivity index (χ3n) is 3.20. The Labute approximate surface area is 110 Å². The quantitative estimate of drug-likeness (QED) is 0.765. The summed E-state index contributed by atoms with van der Waals surface area (Å²) in [5.41, 5.74) is 1.04. The highest BCUT2D eigenvalue weighted by atomic mass is 19.1. The molecule has 0 heterocycles. The molecule has 0 aliphatic heterocycles. The molecular weight excluding hydrogens is 227 g/mol. The van der Waals surface area contributed by atoms with Gasteiger partial charge in [0.25, 0.3) is 0 Å². The number of nitrogens with one attached hydrogen (secondary N) is 1. The molecule has 18 heavy (non-hydrogen) atoms. The maximum Gasteiger partial charge on any atom is 0.123 e. The molecule has 1 N–H and O–H groups in total. The summed E-state index contributed by atoms with van der Waals surface area (Å²) in [6.45, 7) is 7.11. The Hall–Kier alpha value is -0.930. The average molecular weight is 252 g/mol. The number of likely N-dealkylation sites (N-methyl/N-ethyl adjacent to an activating group) is 2. The van der Waals surface area contributed by atoms with E-state index in [-0.39, 0.29) is 5.82 Å². The van der Waals surface area contributed by atoms with E-state index in [1.165, 1.54) is 18.9 Å². The van der Waals surface area contributed by atoms with Gasteiger partial charge in [0.1, 0.15) is 5.82 Å². The molecule has 2 nitrogen and oxygen atoms in total. The number of rotatable bonds is 8. The zero-order chi connectivity index (χ0) is 13.4. The third-order valence-corrected chi connectivity index (χ3v) is 3.20. The normalized spacial score (nSPS) is 12.9. The van der Waals surface area contributed by atoms with Gasteiger partial charge >= 0.3 is 0 Å². The molecule has 102 valence electrons. The summed E-state index contributed by atoms with van der Waals surface area (Å²) < 4.78 is 13.1. The molecule has 1 aromatic carbocycles. The lowest BCUT2D eigenvalue weighted by Crippen LogP contribution is -2.39. The van der Waals surface area contributed by atoms with Crippen molar-refractivity contribution >= 4 is 0 Å². The zero-order valence-electron chi connectivity index (χ0n) is 11.7. The van der Waals surface area contributed by atoms with Gasteiger partial charge in [0.05, 0.1) is 0 Å². The minimum atomic E-state index is -0.153. The fraction of sp³-hybridized carbons (Fsp3) is 0.600. The van der Waals surface area contributed by atoms with Crippen molar-refractivity contribution in [1.29, 1.82) is 0 Å². The van der Waals surface area contributed by atoms with Crippen LogP contribution in [0.5, 0.6) is 0 Å². The monoisotopic (exact) mass is 252 g/mol. The van der Waals surface area contributed by atoms with Gasteiger partial charge in [-0.15, -0.1) is 0 Å². The van der Waals surface area contributed by atoms with Crippen LogP contribution < -0.4 is 5.32 Å². The van der Waals surface area contributed by atoms with Gasteiger partial charge in [-0.25, -0.2) is 4.39 Å². The van der Waals surface area contributed by atoms with Crippen LogP contribution in [0.1, 0.15) is 32.3 Å². The van der Waals surface area contributed by atoms with Gasteiger partial charge in [0.15, 0.2) is 0 Å². The summed E-state index contributed by atoms with van der Waals surface area (Å²) in [5, 5.41) is 3.40. The van der Waals surface area contributed by atoms with Crippen molar-refractivity contribution in [2.75, 3.05) is 20.1 Å². The first-order valence-corrected chi connectivity index (χ1v) is 6.82. The van der Waals surface area contributed by atoms with Crippen LogP contribution >= 0.6 is 0 Å². The van der Waals surface area contributed by atoms with E-state index in [0.717, 1.165) is 25.2 Å².